The summed E-state index contributed by atoms with van der Waals surface area (Å²) >= 11 is 0. The summed E-state index contributed by atoms with van der Waals surface area (Å²) in [4.78, 5) is 39.5. The highest BCUT2D eigenvalue weighted by Crippen LogP contribution is 2.21. The zero-order valence-electron chi connectivity index (χ0n) is 15.1. The second kappa shape index (κ2) is 11.2. The Balaban J connectivity index is 2.28. The molecule has 0 aromatic rings. The van der Waals surface area contributed by atoms with Gasteiger partial charge in [0, 0.05) is 26.1 Å². The molecule has 0 aromatic carbocycles. The fourth-order valence-electron chi connectivity index (χ4n) is 2.81. The number of hydrogen-bond donors (Lipinski definition) is 3. The maximum atomic E-state index is 12.4. The largest absolute Gasteiger partial charge is 0.466 e. The van der Waals surface area contributed by atoms with Crippen LogP contribution < -0.4 is 16.9 Å². The van der Waals surface area contributed by atoms with E-state index < -0.39 is 11.1 Å². The molecule has 11 heteroatoms. The van der Waals surface area contributed by atoms with Gasteiger partial charge < -0.3 is 21.1 Å². The van der Waals surface area contributed by atoms with Crippen LogP contribution in [0.2, 0.25) is 0 Å². The van der Waals surface area contributed by atoms with E-state index in [1.165, 1.54) is 0 Å². The van der Waals surface area contributed by atoms with Crippen molar-refractivity contribution in [1.82, 2.24) is 10.3 Å². The van der Waals surface area contributed by atoms with E-state index >= 15 is 0 Å². The lowest BCUT2D eigenvalue weighted by Crippen LogP contribution is -2.47. The van der Waals surface area contributed by atoms with Crippen LogP contribution in [0.5, 0.6) is 0 Å². The van der Waals surface area contributed by atoms with E-state index in [0.29, 0.717) is 39.0 Å². The molecule has 0 bridgehead atoms. The van der Waals surface area contributed by atoms with E-state index in [0.717, 1.165) is 12.8 Å². The van der Waals surface area contributed by atoms with E-state index in [2.05, 4.69) is 4.99 Å². The number of aliphatic imine (C=N–C) groups is 1. The summed E-state index contributed by atoms with van der Waals surface area (Å²) in [7, 11) is 0. The molecule has 148 valence electrons. The average molecular weight is 372 g/mol. The molecule has 1 saturated heterocycles. The van der Waals surface area contributed by atoms with Crippen molar-refractivity contribution < 1.29 is 19.4 Å². The van der Waals surface area contributed by atoms with Crippen molar-refractivity contribution in [3.63, 3.8) is 0 Å². The van der Waals surface area contributed by atoms with Gasteiger partial charge in [0.15, 0.2) is 5.03 Å². The highest BCUT2D eigenvalue weighted by Gasteiger charge is 2.27. The van der Waals surface area contributed by atoms with E-state index in [1.54, 1.807) is 17.2 Å². The van der Waals surface area contributed by atoms with Crippen LogP contribution in [0.1, 0.15) is 39.0 Å². The predicted octanol–water partition coefficient (Wildman–Crippen LogP) is -0.618. The van der Waals surface area contributed by atoms with Gasteiger partial charge >= 0.3 is 5.97 Å². The number of carbonyl (C=O) groups excluding carboxylic acids is 2. The summed E-state index contributed by atoms with van der Waals surface area (Å²) in [5.41, 5.74) is 13.0. The van der Waals surface area contributed by atoms with Gasteiger partial charge in [-0.2, -0.15) is 0 Å². The third-order valence-corrected chi connectivity index (χ3v) is 4.17. The molecule has 0 radical (unpaired) electrons. The number of piperidine rings is 1. The summed E-state index contributed by atoms with van der Waals surface area (Å²) in [5.74, 6) is -0.361. The first-order valence-corrected chi connectivity index (χ1v) is 8.74. The lowest BCUT2D eigenvalue weighted by Gasteiger charge is -2.33. The Labute approximate surface area is 152 Å². The zero-order chi connectivity index (χ0) is 19.5. The molecule has 1 heterocycles. The number of nitrogens with zero attached hydrogens (tertiary/aromatic N) is 3. The molecule has 1 atom stereocenters. The molecule has 1 amide bonds. The van der Waals surface area contributed by atoms with Crippen LogP contribution in [-0.4, -0.2) is 60.1 Å². The molecule has 1 aliphatic rings. The van der Waals surface area contributed by atoms with E-state index in [-0.39, 0.29) is 30.3 Å². The van der Waals surface area contributed by atoms with Crippen LogP contribution in [-0.2, 0) is 14.3 Å². The summed E-state index contributed by atoms with van der Waals surface area (Å²) < 4.78 is 4.95. The summed E-state index contributed by atoms with van der Waals surface area (Å²) in [6, 6.07) is -0.642. The number of likely N-dealkylation sites (tertiary alicyclic amines) is 1. The van der Waals surface area contributed by atoms with E-state index in [1.807, 2.05) is 0 Å². The highest BCUT2D eigenvalue weighted by molar-refractivity contribution is 5.81. The number of rotatable bonds is 9. The lowest BCUT2D eigenvalue weighted by molar-refractivity contribution is -0.525. The zero-order valence-corrected chi connectivity index (χ0v) is 15.1. The molecule has 0 saturated carbocycles. The number of carbonyl (C=O) groups is 2. The molecular formula is C15H28N6O5. The van der Waals surface area contributed by atoms with Gasteiger partial charge in [-0.3, -0.25) is 9.59 Å². The van der Waals surface area contributed by atoms with Gasteiger partial charge in [0.25, 0.3) is 5.96 Å². The minimum absolute atomic E-state index is 0.125. The normalized spacial score (nSPS) is 16.8. The maximum Gasteiger partial charge on any atom is 0.306 e. The first kappa shape index (κ1) is 21.6. The smallest absolute Gasteiger partial charge is 0.306 e. The molecule has 0 aromatic heterocycles. The third kappa shape index (κ3) is 8.10. The fraction of sp³-hybridized carbons (Fsp3) is 0.800. The maximum absolute atomic E-state index is 12.4. The molecule has 5 N–H and O–H groups in total. The monoisotopic (exact) mass is 372 g/mol. The van der Waals surface area contributed by atoms with Crippen molar-refractivity contribution in [2.24, 2.45) is 22.4 Å². The topological polar surface area (TPSA) is 166 Å². The van der Waals surface area contributed by atoms with Crippen molar-refractivity contribution in [2.75, 3.05) is 26.2 Å². The molecule has 26 heavy (non-hydrogen) atoms. The molecule has 11 nitrogen and oxygen atoms in total. The third-order valence-electron chi connectivity index (χ3n) is 4.17. The molecule has 1 aliphatic heterocycles. The number of guanidine groups is 1. The van der Waals surface area contributed by atoms with Crippen molar-refractivity contribution in [3.05, 3.63) is 10.1 Å². The van der Waals surface area contributed by atoms with Crippen LogP contribution in [0.3, 0.4) is 0 Å². The van der Waals surface area contributed by atoms with E-state index in [4.69, 9.17) is 16.2 Å². The fourth-order valence-corrected chi connectivity index (χ4v) is 2.81. The Morgan fingerprint density at radius 3 is 2.65 bits per heavy atom. The first-order valence-electron chi connectivity index (χ1n) is 8.74. The van der Waals surface area contributed by atoms with Gasteiger partial charge in [0.2, 0.25) is 5.91 Å². The number of amides is 1. The van der Waals surface area contributed by atoms with Gasteiger partial charge in [-0.25, -0.2) is 15.1 Å². The van der Waals surface area contributed by atoms with Crippen LogP contribution >= 0.6 is 0 Å². The molecule has 1 rings (SSSR count). The van der Waals surface area contributed by atoms with Gasteiger partial charge in [0.05, 0.1) is 12.6 Å². The molecule has 0 spiro atoms. The number of ether oxygens (including phenoxy) is 1. The number of hydrogen-bond acceptors (Lipinski definition) is 7. The Morgan fingerprint density at radius 2 is 2.08 bits per heavy atom. The second-order valence-electron chi connectivity index (χ2n) is 6.16. The van der Waals surface area contributed by atoms with Gasteiger partial charge in [0.1, 0.15) is 0 Å². The second-order valence-corrected chi connectivity index (χ2v) is 6.16. The Hall–Kier alpha value is -2.43. The number of nitrogens with one attached hydrogen (secondary N) is 1. The van der Waals surface area contributed by atoms with Crippen LogP contribution in [0, 0.1) is 16.0 Å². The minimum Gasteiger partial charge on any atom is -0.466 e. The highest BCUT2D eigenvalue weighted by atomic mass is 16.7. The standard InChI is InChI=1S/C15H28N6O5/c1-2-26-13(22)10-11-5-8-20(9-6-11)14(23)12(16)4-3-7-18-15(17)19-21(24)25/h11-12H,2-10,16H2,1H3,(H3,17,18,19)/t12-/m0/s1. The average Bonchev–Trinajstić information content (AvgIpc) is 2.58. The number of esters is 1. The summed E-state index contributed by atoms with van der Waals surface area (Å²) in [6.45, 7) is 3.56. The Bertz CT molecular complexity index is 519. The van der Waals surface area contributed by atoms with E-state index in [9.17, 15) is 19.7 Å². The van der Waals surface area contributed by atoms with Crippen LogP contribution in [0.25, 0.3) is 0 Å². The van der Waals surface area contributed by atoms with Gasteiger partial charge in [-0.1, -0.05) is 5.43 Å². The van der Waals surface area contributed by atoms with Gasteiger partial charge in [-0.15, -0.1) is 0 Å². The predicted molar refractivity (Wildman–Crippen MR) is 94.4 cm³/mol. The van der Waals surface area contributed by atoms with Crippen molar-refractivity contribution in [3.8, 4) is 0 Å². The number of hydrazine groups is 1. The summed E-state index contributed by atoms with van der Waals surface area (Å²) in [5, 5.41) is 9.38. The van der Waals surface area contributed by atoms with Crippen molar-refractivity contribution >= 4 is 17.8 Å². The number of nitrogens with two attached hydrogens (primary N) is 2. The first-order chi connectivity index (χ1) is 12.3. The number of nitro groups is 1. The minimum atomic E-state index is -0.792. The Kier molecular flexibility index (Phi) is 9.34. The molecular weight excluding hydrogens is 344 g/mol. The molecule has 0 unspecified atom stereocenters. The molecule has 0 aliphatic carbocycles. The lowest BCUT2D eigenvalue weighted by atomic mass is 9.93. The van der Waals surface area contributed by atoms with Crippen molar-refractivity contribution in [1.29, 1.82) is 0 Å². The quantitative estimate of drug-likeness (QED) is 0.120. The summed E-state index contributed by atoms with van der Waals surface area (Å²) in [6.07, 6.45) is 2.80. The van der Waals surface area contributed by atoms with Gasteiger partial charge in [-0.05, 0) is 38.5 Å². The van der Waals surface area contributed by atoms with Crippen LogP contribution in [0.4, 0.5) is 0 Å². The Morgan fingerprint density at radius 1 is 1.42 bits per heavy atom. The van der Waals surface area contributed by atoms with Crippen LogP contribution in [0.15, 0.2) is 4.99 Å². The SMILES string of the molecule is CCOC(=O)CC1CCN(C(=O)[C@@H](N)CCCN=C(N)N[N+](=O)[O-])CC1. The van der Waals surface area contributed by atoms with Crippen molar-refractivity contribution in [2.45, 2.75) is 45.1 Å². The molecule has 1 fully saturated rings.